The highest BCUT2D eigenvalue weighted by Gasteiger charge is 2.08. The third kappa shape index (κ3) is 2.07. The molecule has 1 heterocycles. The molecule has 0 aliphatic rings. The Labute approximate surface area is 116 Å². The van der Waals surface area contributed by atoms with Gasteiger partial charge < -0.3 is 9.52 Å². The predicted octanol–water partition coefficient (Wildman–Crippen LogP) is 3.78. The van der Waals surface area contributed by atoms with Crippen molar-refractivity contribution in [2.75, 3.05) is 0 Å². The van der Waals surface area contributed by atoms with E-state index in [0.717, 1.165) is 16.7 Å². The predicted molar refractivity (Wildman–Crippen MR) is 79.1 cm³/mol. The van der Waals surface area contributed by atoms with E-state index in [1.54, 1.807) is 24.3 Å². The van der Waals surface area contributed by atoms with Crippen LogP contribution in [-0.2, 0) is 0 Å². The molecule has 3 nitrogen and oxygen atoms in total. The third-order valence-electron chi connectivity index (χ3n) is 3.50. The Hall–Kier alpha value is -2.55. The molecule has 3 aromatic rings. The summed E-state index contributed by atoms with van der Waals surface area (Å²) in [5.41, 5.74) is 3.45. The van der Waals surface area contributed by atoms with Crippen molar-refractivity contribution in [1.82, 2.24) is 0 Å². The van der Waals surface area contributed by atoms with Crippen LogP contribution in [0.25, 0.3) is 22.3 Å². The third-order valence-corrected chi connectivity index (χ3v) is 3.50. The van der Waals surface area contributed by atoms with Gasteiger partial charge in [0.05, 0.1) is 5.39 Å². The summed E-state index contributed by atoms with van der Waals surface area (Å²) in [5.74, 6) is 0.689. The van der Waals surface area contributed by atoms with Crippen molar-refractivity contribution < 1.29 is 9.52 Å². The average Bonchev–Trinajstić information content (AvgIpc) is 2.42. The molecule has 0 atom stereocenters. The van der Waals surface area contributed by atoms with Crippen LogP contribution in [0.1, 0.15) is 11.1 Å². The van der Waals surface area contributed by atoms with Crippen LogP contribution < -0.4 is 5.43 Å². The van der Waals surface area contributed by atoms with Gasteiger partial charge in [0.1, 0.15) is 17.1 Å². The topological polar surface area (TPSA) is 50.4 Å². The highest BCUT2D eigenvalue weighted by molar-refractivity contribution is 5.80. The molecule has 20 heavy (non-hydrogen) atoms. The molecule has 3 rings (SSSR count). The van der Waals surface area contributed by atoms with Crippen molar-refractivity contribution in [3.8, 4) is 17.1 Å². The lowest BCUT2D eigenvalue weighted by Gasteiger charge is -2.06. The van der Waals surface area contributed by atoms with E-state index in [9.17, 15) is 9.90 Å². The van der Waals surface area contributed by atoms with Gasteiger partial charge in [-0.2, -0.15) is 0 Å². The molecule has 0 amide bonds. The van der Waals surface area contributed by atoms with Crippen LogP contribution in [0.3, 0.4) is 0 Å². The normalized spacial score (nSPS) is 10.9. The first kappa shape index (κ1) is 12.5. The van der Waals surface area contributed by atoms with Crippen molar-refractivity contribution in [2.24, 2.45) is 0 Å². The second kappa shape index (κ2) is 4.53. The van der Waals surface area contributed by atoms with Crippen LogP contribution in [0.4, 0.5) is 0 Å². The Morgan fingerprint density at radius 1 is 0.950 bits per heavy atom. The summed E-state index contributed by atoms with van der Waals surface area (Å²) in [4.78, 5) is 12.2. The van der Waals surface area contributed by atoms with Gasteiger partial charge in [0.25, 0.3) is 0 Å². The van der Waals surface area contributed by atoms with Crippen LogP contribution >= 0.6 is 0 Å². The molecule has 0 radical (unpaired) electrons. The van der Waals surface area contributed by atoms with E-state index in [0.29, 0.717) is 16.7 Å². The maximum atomic E-state index is 12.2. The summed E-state index contributed by atoms with van der Waals surface area (Å²) in [5, 5.41) is 9.90. The van der Waals surface area contributed by atoms with E-state index < -0.39 is 0 Å². The molecule has 0 bridgehead atoms. The summed E-state index contributed by atoms with van der Waals surface area (Å²) in [6.07, 6.45) is 0. The number of hydrogen-bond acceptors (Lipinski definition) is 3. The van der Waals surface area contributed by atoms with E-state index in [2.05, 4.69) is 0 Å². The molecule has 0 aliphatic heterocycles. The maximum absolute atomic E-state index is 12.2. The van der Waals surface area contributed by atoms with E-state index >= 15 is 0 Å². The summed E-state index contributed by atoms with van der Waals surface area (Å²) >= 11 is 0. The Kier molecular flexibility index (Phi) is 2.83. The summed E-state index contributed by atoms with van der Waals surface area (Å²) in [6, 6.07) is 11.8. The Bertz CT molecular complexity index is 842. The minimum Gasteiger partial charge on any atom is -0.508 e. The quantitative estimate of drug-likeness (QED) is 0.729. The lowest BCUT2D eigenvalue weighted by Crippen LogP contribution is -2.01. The molecule has 0 fully saturated rings. The molecule has 0 unspecified atom stereocenters. The standard InChI is InChI=1S/C17H14O3/c1-10-7-14-15(19)9-16(20-17(14)8-11(10)2)12-3-5-13(18)6-4-12/h3-9,18H,1-2H3. The van der Waals surface area contributed by atoms with E-state index in [4.69, 9.17) is 4.42 Å². The smallest absolute Gasteiger partial charge is 0.193 e. The first-order chi connectivity index (χ1) is 9.54. The number of phenols is 1. The highest BCUT2D eigenvalue weighted by atomic mass is 16.3. The highest BCUT2D eigenvalue weighted by Crippen LogP contribution is 2.25. The minimum atomic E-state index is -0.0579. The van der Waals surface area contributed by atoms with Gasteiger partial charge in [0.15, 0.2) is 5.43 Å². The van der Waals surface area contributed by atoms with Crippen molar-refractivity contribution in [3.05, 3.63) is 63.8 Å². The summed E-state index contributed by atoms with van der Waals surface area (Å²) < 4.78 is 5.82. The van der Waals surface area contributed by atoms with Crippen LogP contribution in [-0.4, -0.2) is 5.11 Å². The molecule has 2 aromatic carbocycles. The monoisotopic (exact) mass is 266 g/mol. The van der Waals surface area contributed by atoms with Crippen LogP contribution in [0.2, 0.25) is 0 Å². The molecule has 0 saturated carbocycles. The van der Waals surface area contributed by atoms with Gasteiger partial charge in [-0.1, -0.05) is 0 Å². The Balaban J connectivity index is 2.26. The summed E-state index contributed by atoms with van der Waals surface area (Å²) in [7, 11) is 0. The van der Waals surface area contributed by atoms with Gasteiger partial charge in [0, 0.05) is 11.6 Å². The fourth-order valence-corrected chi connectivity index (χ4v) is 2.18. The lowest BCUT2D eigenvalue weighted by molar-refractivity contribution is 0.475. The molecule has 3 heteroatoms. The van der Waals surface area contributed by atoms with Gasteiger partial charge in [-0.05, 0) is 61.4 Å². The first-order valence-electron chi connectivity index (χ1n) is 6.39. The van der Waals surface area contributed by atoms with Crippen molar-refractivity contribution in [1.29, 1.82) is 0 Å². The fourth-order valence-electron chi connectivity index (χ4n) is 2.18. The molecule has 1 N–H and O–H groups in total. The maximum Gasteiger partial charge on any atom is 0.193 e. The van der Waals surface area contributed by atoms with E-state index in [1.807, 2.05) is 26.0 Å². The van der Waals surface area contributed by atoms with E-state index in [1.165, 1.54) is 6.07 Å². The number of rotatable bonds is 1. The minimum absolute atomic E-state index is 0.0579. The van der Waals surface area contributed by atoms with Crippen molar-refractivity contribution in [3.63, 3.8) is 0 Å². The number of hydrogen-bond donors (Lipinski definition) is 1. The molecule has 0 spiro atoms. The molecule has 100 valence electrons. The van der Waals surface area contributed by atoms with Crippen LogP contribution in [0.15, 0.2) is 51.7 Å². The number of aromatic hydroxyl groups is 1. The summed E-state index contributed by atoms with van der Waals surface area (Å²) in [6.45, 7) is 3.96. The van der Waals surface area contributed by atoms with Crippen LogP contribution in [0.5, 0.6) is 5.75 Å². The second-order valence-electron chi connectivity index (χ2n) is 4.95. The molecular weight excluding hydrogens is 252 g/mol. The zero-order valence-electron chi connectivity index (χ0n) is 11.3. The van der Waals surface area contributed by atoms with Gasteiger partial charge in [-0.25, -0.2) is 0 Å². The van der Waals surface area contributed by atoms with Gasteiger partial charge in [0.2, 0.25) is 0 Å². The Morgan fingerprint density at radius 2 is 1.60 bits per heavy atom. The van der Waals surface area contributed by atoms with Crippen molar-refractivity contribution in [2.45, 2.75) is 13.8 Å². The van der Waals surface area contributed by atoms with Crippen LogP contribution in [0, 0.1) is 13.8 Å². The number of fused-ring (bicyclic) bond motifs is 1. The molecule has 0 aliphatic carbocycles. The first-order valence-corrected chi connectivity index (χ1v) is 6.39. The van der Waals surface area contributed by atoms with Gasteiger partial charge in [-0.3, -0.25) is 4.79 Å². The van der Waals surface area contributed by atoms with Crippen molar-refractivity contribution >= 4 is 11.0 Å². The molecular formula is C17H14O3. The largest absolute Gasteiger partial charge is 0.508 e. The lowest BCUT2D eigenvalue weighted by atomic mass is 10.1. The SMILES string of the molecule is Cc1cc2oc(-c3ccc(O)cc3)cc(=O)c2cc1C. The molecule has 0 saturated heterocycles. The Morgan fingerprint density at radius 3 is 2.30 bits per heavy atom. The van der Waals surface area contributed by atoms with Gasteiger partial charge >= 0.3 is 0 Å². The zero-order chi connectivity index (χ0) is 14.3. The molecule has 1 aromatic heterocycles. The van der Waals surface area contributed by atoms with Gasteiger partial charge in [-0.15, -0.1) is 0 Å². The fraction of sp³-hybridized carbons (Fsp3) is 0.118. The number of benzene rings is 2. The zero-order valence-corrected chi connectivity index (χ0v) is 11.3. The number of phenolic OH excluding ortho intramolecular Hbond substituents is 1. The second-order valence-corrected chi connectivity index (χ2v) is 4.95. The van der Waals surface area contributed by atoms with E-state index in [-0.39, 0.29) is 11.2 Å². The number of aryl methyl sites for hydroxylation is 2. The average molecular weight is 266 g/mol.